The summed E-state index contributed by atoms with van der Waals surface area (Å²) in [6, 6.07) is 0.740. The van der Waals surface area contributed by atoms with E-state index in [2.05, 4.69) is 24.1 Å². The highest BCUT2D eigenvalue weighted by molar-refractivity contribution is 4.74. The molecule has 1 unspecified atom stereocenters. The van der Waals surface area contributed by atoms with E-state index in [1.54, 1.807) is 0 Å². The predicted octanol–water partition coefficient (Wildman–Crippen LogP) is 0.300. The van der Waals surface area contributed by atoms with Gasteiger partial charge in [0.2, 0.25) is 0 Å². The van der Waals surface area contributed by atoms with Gasteiger partial charge in [-0.3, -0.25) is 4.90 Å². The van der Waals surface area contributed by atoms with Crippen LogP contribution in [0.4, 0.5) is 0 Å². The summed E-state index contributed by atoms with van der Waals surface area (Å²) in [7, 11) is 0. The predicted molar refractivity (Wildman–Crippen MR) is 39.6 cm³/mol. The van der Waals surface area contributed by atoms with Crippen molar-refractivity contribution in [3.05, 3.63) is 0 Å². The molecule has 0 bridgehead atoms. The van der Waals surface area contributed by atoms with Gasteiger partial charge in [-0.05, 0) is 13.5 Å². The maximum absolute atomic E-state index is 3.36. The molecule has 1 rings (SSSR count). The van der Waals surface area contributed by atoms with Crippen LogP contribution in [0.1, 0.15) is 13.8 Å². The van der Waals surface area contributed by atoms with Crippen LogP contribution < -0.4 is 5.32 Å². The molecule has 0 saturated carbocycles. The molecule has 1 atom stereocenters. The van der Waals surface area contributed by atoms with E-state index in [0.29, 0.717) is 0 Å². The Labute approximate surface area is 57.2 Å². The molecule has 1 saturated heterocycles. The second kappa shape index (κ2) is 3.18. The molecule has 1 fully saturated rings. The maximum Gasteiger partial charge on any atom is 0.0192 e. The summed E-state index contributed by atoms with van der Waals surface area (Å²) in [4.78, 5) is 2.50. The minimum absolute atomic E-state index is 0.740. The molecule has 2 nitrogen and oxygen atoms in total. The maximum atomic E-state index is 3.36. The smallest absolute Gasteiger partial charge is 0.0192 e. The van der Waals surface area contributed by atoms with Crippen LogP contribution in [0, 0.1) is 0 Å². The van der Waals surface area contributed by atoms with Gasteiger partial charge in [0.05, 0.1) is 0 Å². The molecule has 0 radical (unpaired) electrons. The van der Waals surface area contributed by atoms with Crippen LogP contribution in [0.15, 0.2) is 0 Å². The normalized spacial score (nSPS) is 30.7. The summed E-state index contributed by atoms with van der Waals surface area (Å²) < 4.78 is 0. The lowest BCUT2D eigenvalue weighted by Crippen LogP contribution is -2.49. The summed E-state index contributed by atoms with van der Waals surface area (Å²) in [5.74, 6) is 0. The largest absolute Gasteiger partial charge is 0.314 e. The van der Waals surface area contributed by atoms with Crippen molar-refractivity contribution in [1.82, 2.24) is 10.2 Å². The Kier molecular flexibility index (Phi) is 2.49. The van der Waals surface area contributed by atoms with Crippen LogP contribution in [0.5, 0.6) is 0 Å². The Balaban J connectivity index is 2.30. The van der Waals surface area contributed by atoms with E-state index in [-0.39, 0.29) is 0 Å². The molecule has 9 heavy (non-hydrogen) atoms. The molecule has 1 N–H and O–H groups in total. The van der Waals surface area contributed by atoms with Crippen LogP contribution in [0.25, 0.3) is 0 Å². The van der Waals surface area contributed by atoms with E-state index in [1.165, 1.54) is 13.1 Å². The Morgan fingerprint density at radius 1 is 1.67 bits per heavy atom. The first-order chi connectivity index (χ1) is 4.34. The van der Waals surface area contributed by atoms with E-state index in [1.807, 2.05) is 0 Å². The third-order valence-electron chi connectivity index (χ3n) is 2.05. The first-order valence-electron chi connectivity index (χ1n) is 3.79. The number of likely N-dealkylation sites (N-methyl/N-ethyl adjacent to an activating group) is 1. The van der Waals surface area contributed by atoms with E-state index < -0.39 is 0 Å². The van der Waals surface area contributed by atoms with Gasteiger partial charge in [0, 0.05) is 25.7 Å². The van der Waals surface area contributed by atoms with Gasteiger partial charge >= 0.3 is 0 Å². The third-order valence-corrected chi connectivity index (χ3v) is 2.05. The van der Waals surface area contributed by atoms with Gasteiger partial charge in [-0.15, -0.1) is 0 Å². The fourth-order valence-electron chi connectivity index (χ4n) is 1.35. The van der Waals surface area contributed by atoms with E-state index in [0.717, 1.165) is 19.1 Å². The van der Waals surface area contributed by atoms with Gasteiger partial charge in [0.1, 0.15) is 0 Å². The number of nitrogens with zero attached hydrogens (tertiary/aromatic N) is 1. The zero-order valence-corrected chi connectivity index (χ0v) is 6.35. The average molecular weight is 128 g/mol. The quantitative estimate of drug-likeness (QED) is 0.546. The SMILES string of the molecule is CCN1CCNCC1C. The number of hydrogen-bond donors (Lipinski definition) is 1. The van der Waals surface area contributed by atoms with Crippen LogP contribution in [-0.4, -0.2) is 37.1 Å². The lowest BCUT2D eigenvalue weighted by atomic mass is 10.2. The molecule has 2 heteroatoms. The molecular weight excluding hydrogens is 112 g/mol. The van der Waals surface area contributed by atoms with Crippen molar-refractivity contribution in [3.63, 3.8) is 0 Å². The summed E-state index contributed by atoms with van der Waals surface area (Å²) >= 11 is 0. The second-order valence-electron chi connectivity index (χ2n) is 2.68. The van der Waals surface area contributed by atoms with E-state index in [9.17, 15) is 0 Å². The average Bonchev–Trinajstić information content (AvgIpc) is 1.89. The van der Waals surface area contributed by atoms with Crippen molar-refractivity contribution in [2.75, 3.05) is 26.2 Å². The summed E-state index contributed by atoms with van der Waals surface area (Å²) in [5, 5.41) is 3.36. The van der Waals surface area contributed by atoms with Crippen molar-refractivity contribution in [2.24, 2.45) is 0 Å². The first-order valence-corrected chi connectivity index (χ1v) is 3.79. The van der Waals surface area contributed by atoms with Gasteiger partial charge in [-0.2, -0.15) is 0 Å². The van der Waals surface area contributed by atoms with Crippen molar-refractivity contribution < 1.29 is 0 Å². The summed E-state index contributed by atoms with van der Waals surface area (Å²) in [6.45, 7) is 9.24. The monoisotopic (exact) mass is 128 g/mol. The molecule has 1 aliphatic heterocycles. The van der Waals surface area contributed by atoms with E-state index >= 15 is 0 Å². The molecule has 0 aromatic carbocycles. The van der Waals surface area contributed by atoms with Crippen LogP contribution in [0.3, 0.4) is 0 Å². The van der Waals surface area contributed by atoms with Gasteiger partial charge in [-0.25, -0.2) is 0 Å². The number of piperazine rings is 1. The third kappa shape index (κ3) is 1.66. The van der Waals surface area contributed by atoms with E-state index in [4.69, 9.17) is 0 Å². The highest BCUT2D eigenvalue weighted by Gasteiger charge is 2.14. The minimum Gasteiger partial charge on any atom is -0.314 e. The fourth-order valence-corrected chi connectivity index (χ4v) is 1.35. The fraction of sp³-hybridized carbons (Fsp3) is 1.00. The molecule has 0 aromatic heterocycles. The molecular formula is C7H16N2. The molecule has 0 amide bonds. The Morgan fingerprint density at radius 2 is 2.44 bits per heavy atom. The summed E-state index contributed by atoms with van der Waals surface area (Å²) in [5.41, 5.74) is 0. The molecule has 0 aliphatic carbocycles. The standard InChI is InChI=1S/C7H16N2/c1-3-9-5-4-8-6-7(9)2/h7-8H,3-6H2,1-2H3. The molecule has 54 valence electrons. The molecule has 1 heterocycles. The molecule has 0 aromatic rings. The molecule has 1 aliphatic rings. The zero-order valence-electron chi connectivity index (χ0n) is 6.35. The van der Waals surface area contributed by atoms with Crippen molar-refractivity contribution in [1.29, 1.82) is 0 Å². The van der Waals surface area contributed by atoms with Gasteiger partial charge in [0.15, 0.2) is 0 Å². The lowest BCUT2D eigenvalue weighted by molar-refractivity contribution is 0.183. The highest BCUT2D eigenvalue weighted by Crippen LogP contribution is 1.99. The summed E-state index contributed by atoms with van der Waals surface area (Å²) in [6.07, 6.45) is 0. The number of rotatable bonds is 1. The molecule has 0 spiro atoms. The second-order valence-corrected chi connectivity index (χ2v) is 2.68. The van der Waals surface area contributed by atoms with Crippen LogP contribution in [-0.2, 0) is 0 Å². The van der Waals surface area contributed by atoms with Crippen LogP contribution >= 0.6 is 0 Å². The first kappa shape index (κ1) is 7.03. The van der Waals surface area contributed by atoms with Gasteiger partial charge < -0.3 is 5.32 Å². The lowest BCUT2D eigenvalue weighted by Gasteiger charge is -2.32. The Morgan fingerprint density at radius 3 is 2.89 bits per heavy atom. The Bertz CT molecular complexity index is 83.0. The highest BCUT2D eigenvalue weighted by atomic mass is 15.2. The number of nitrogens with one attached hydrogen (secondary N) is 1. The van der Waals surface area contributed by atoms with Crippen molar-refractivity contribution >= 4 is 0 Å². The van der Waals surface area contributed by atoms with Crippen molar-refractivity contribution in [2.45, 2.75) is 19.9 Å². The van der Waals surface area contributed by atoms with Gasteiger partial charge in [0.25, 0.3) is 0 Å². The number of hydrogen-bond acceptors (Lipinski definition) is 2. The minimum atomic E-state index is 0.740. The van der Waals surface area contributed by atoms with Gasteiger partial charge in [-0.1, -0.05) is 6.92 Å². The Hall–Kier alpha value is -0.0800. The van der Waals surface area contributed by atoms with Crippen molar-refractivity contribution in [3.8, 4) is 0 Å². The topological polar surface area (TPSA) is 15.3 Å². The zero-order chi connectivity index (χ0) is 6.69. The van der Waals surface area contributed by atoms with Crippen LogP contribution in [0.2, 0.25) is 0 Å².